The lowest BCUT2D eigenvalue weighted by molar-refractivity contribution is -0.152. The molecular formula is C26H45N3O5. The average molecular weight is 480 g/mol. The number of unbranched alkanes of at least 4 members (excludes halogenated alkanes) is 2. The molecule has 3 aliphatic rings. The molecule has 3 fully saturated rings. The Balaban J connectivity index is 1.53. The van der Waals surface area contributed by atoms with Gasteiger partial charge in [-0.05, 0) is 77.3 Å². The molecule has 0 aromatic rings. The van der Waals surface area contributed by atoms with Crippen LogP contribution in [0.25, 0.3) is 0 Å². The highest BCUT2D eigenvalue weighted by Gasteiger charge is 2.48. The summed E-state index contributed by atoms with van der Waals surface area (Å²) >= 11 is 0. The zero-order valence-corrected chi connectivity index (χ0v) is 21.1. The van der Waals surface area contributed by atoms with Gasteiger partial charge in [-0.3, -0.25) is 14.9 Å². The lowest BCUT2D eigenvalue weighted by atomic mass is 9.84. The molecule has 3 N–H and O–H groups in total. The fraction of sp³-hybridized carbons (Fsp3) is 0.885. The Morgan fingerprint density at radius 2 is 1.82 bits per heavy atom. The SMILES string of the molecule is CCOC(=O)[C@H](CCCCCC1CCNCC1)N[C@@H](C)C(=O)N1[C@H](C(=O)O)CC2CCCC[C@@H]21. The smallest absolute Gasteiger partial charge is 0.326 e. The molecule has 1 aliphatic carbocycles. The van der Waals surface area contributed by atoms with E-state index >= 15 is 0 Å². The van der Waals surface area contributed by atoms with Gasteiger partial charge in [-0.25, -0.2) is 4.79 Å². The third-order valence-corrected chi connectivity index (χ3v) is 8.08. The first kappa shape index (κ1) is 26.9. The summed E-state index contributed by atoms with van der Waals surface area (Å²) in [6.45, 7) is 6.07. The summed E-state index contributed by atoms with van der Waals surface area (Å²) in [4.78, 5) is 39.6. The van der Waals surface area contributed by atoms with Gasteiger partial charge in [0.15, 0.2) is 0 Å². The molecule has 1 unspecified atom stereocenters. The van der Waals surface area contributed by atoms with Crippen molar-refractivity contribution in [3.63, 3.8) is 0 Å². The topological polar surface area (TPSA) is 108 Å². The van der Waals surface area contributed by atoms with Gasteiger partial charge in [0, 0.05) is 6.04 Å². The number of esters is 1. The molecule has 3 rings (SSSR count). The van der Waals surface area contributed by atoms with E-state index in [9.17, 15) is 19.5 Å². The van der Waals surface area contributed by atoms with Crippen LogP contribution in [0.4, 0.5) is 0 Å². The number of carboxylic acids is 1. The van der Waals surface area contributed by atoms with E-state index in [1.165, 1.54) is 19.3 Å². The number of carboxylic acid groups (broad SMARTS) is 1. The highest BCUT2D eigenvalue weighted by Crippen LogP contribution is 2.40. The van der Waals surface area contributed by atoms with Gasteiger partial charge in [-0.15, -0.1) is 0 Å². The standard InChI is InChI=1S/C26H45N3O5/c1-3-34-26(33)21(11-6-4-5-9-19-13-15-27-16-14-19)28-18(2)24(30)29-22-12-8-7-10-20(22)17-23(29)25(31)32/h18-23,27-28H,3-17H2,1-2H3,(H,31,32)/t18-,20?,21-,22-,23-/m0/s1. The van der Waals surface area contributed by atoms with E-state index < -0.39 is 24.1 Å². The molecule has 2 aliphatic heterocycles. The minimum Gasteiger partial charge on any atom is -0.480 e. The lowest BCUT2D eigenvalue weighted by Crippen LogP contribution is -2.55. The van der Waals surface area contributed by atoms with Gasteiger partial charge in [0.05, 0.1) is 12.6 Å². The molecule has 1 saturated carbocycles. The zero-order chi connectivity index (χ0) is 24.5. The molecule has 34 heavy (non-hydrogen) atoms. The largest absolute Gasteiger partial charge is 0.480 e. The van der Waals surface area contributed by atoms with Gasteiger partial charge < -0.3 is 20.1 Å². The molecule has 2 heterocycles. The second-order valence-corrected chi connectivity index (χ2v) is 10.5. The summed E-state index contributed by atoms with van der Waals surface area (Å²) < 4.78 is 5.28. The number of piperidine rings is 1. The summed E-state index contributed by atoms with van der Waals surface area (Å²) in [6, 6.07) is -1.94. The van der Waals surface area contributed by atoms with Gasteiger partial charge in [-0.1, -0.05) is 38.5 Å². The number of nitrogens with one attached hydrogen (secondary N) is 2. The molecule has 0 bridgehead atoms. The minimum absolute atomic E-state index is 0.00244. The van der Waals surface area contributed by atoms with Crippen LogP contribution in [0.5, 0.6) is 0 Å². The molecule has 194 valence electrons. The highest BCUT2D eigenvalue weighted by molar-refractivity contribution is 5.88. The first-order valence-electron chi connectivity index (χ1n) is 13.6. The maximum Gasteiger partial charge on any atom is 0.326 e. The third kappa shape index (κ3) is 7.17. The van der Waals surface area contributed by atoms with E-state index in [-0.39, 0.29) is 23.8 Å². The maximum atomic E-state index is 13.4. The van der Waals surface area contributed by atoms with Crippen LogP contribution in [-0.2, 0) is 19.1 Å². The van der Waals surface area contributed by atoms with Crippen LogP contribution in [0.15, 0.2) is 0 Å². The Morgan fingerprint density at radius 1 is 1.09 bits per heavy atom. The van der Waals surface area contributed by atoms with E-state index in [0.29, 0.717) is 19.4 Å². The molecule has 2 saturated heterocycles. The van der Waals surface area contributed by atoms with Crippen molar-refractivity contribution in [3.8, 4) is 0 Å². The van der Waals surface area contributed by atoms with E-state index in [1.54, 1.807) is 18.7 Å². The van der Waals surface area contributed by atoms with Crippen molar-refractivity contribution in [2.24, 2.45) is 11.8 Å². The van der Waals surface area contributed by atoms with Crippen LogP contribution >= 0.6 is 0 Å². The quantitative estimate of drug-likeness (QED) is 0.292. The number of hydrogen-bond donors (Lipinski definition) is 3. The second-order valence-electron chi connectivity index (χ2n) is 10.5. The number of likely N-dealkylation sites (tertiary alicyclic amines) is 1. The number of carbonyl (C=O) groups is 3. The van der Waals surface area contributed by atoms with Crippen LogP contribution in [0.1, 0.15) is 90.9 Å². The summed E-state index contributed by atoms with van der Waals surface area (Å²) in [5.41, 5.74) is 0. The number of fused-ring (bicyclic) bond motifs is 1. The lowest BCUT2D eigenvalue weighted by Gasteiger charge is -2.35. The Hall–Kier alpha value is -1.67. The van der Waals surface area contributed by atoms with Crippen molar-refractivity contribution in [2.45, 2.75) is 115 Å². The number of nitrogens with zero attached hydrogens (tertiary/aromatic N) is 1. The predicted octanol–water partition coefficient (Wildman–Crippen LogP) is 3.09. The van der Waals surface area contributed by atoms with Crippen LogP contribution in [-0.4, -0.2) is 71.7 Å². The van der Waals surface area contributed by atoms with Gasteiger partial charge >= 0.3 is 11.9 Å². The molecule has 0 spiro atoms. The van der Waals surface area contributed by atoms with Gasteiger partial charge in [-0.2, -0.15) is 0 Å². The van der Waals surface area contributed by atoms with Crippen LogP contribution in [0.3, 0.4) is 0 Å². The van der Waals surface area contributed by atoms with E-state index in [1.807, 2.05) is 0 Å². The summed E-state index contributed by atoms with van der Waals surface area (Å²) in [5.74, 6) is -0.379. The van der Waals surface area contributed by atoms with Crippen molar-refractivity contribution in [1.29, 1.82) is 0 Å². The van der Waals surface area contributed by atoms with Crippen molar-refractivity contribution < 1.29 is 24.2 Å². The zero-order valence-electron chi connectivity index (χ0n) is 21.1. The normalized spacial score (nSPS) is 27.1. The van der Waals surface area contributed by atoms with Crippen molar-refractivity contribution in [2.75, 3.05) is 19.7 Å². The number of rotatable bonds is 12. The predicted molar refractivity (Wildman–Crippen MR) is 130 cm³/mol. The van der Waals surface area contributed by atoms with Crippen LogP contribution in [0, 0.1) is 11.8 Å². The molecule has 8 nitrogen and oxygen atoms in total. The number of carbonyl (C=O) groups excluding carboxylic acids is 2. The Morgan fingerprint density at radius 3 is 2.53 bits per heavy atom. The van der Waals surface area contributed by atoms with Gasteiger partial charge in [0.1, 0.15) is 12.1 Å². The average Bonchev–Trinajstić information content (AvgIpc) is 3.23. The third-order valence-electron chi connectivity index (χ3n) is 8.08. The summed E-state index contributed by atoms with van der Waals surface area (Å²) in [6.07, 6.45) is 12.0. The van der Waals surface area contributed by atoms with Crippen molar-refractivity contribution >= 4 is 17.8 Å². The summed E-state index contributed by atoms with van der Waals surface area (Å²) in [7, 11) is 0. The highest BCUT2D eigenvalue weighted by atomic mass is 16.5. The molecular weight excluding hydrogens is 434 g/mol. The molecule has 0 radical (unpaired) electrons. The monoisotopic (exact) mass is 479 g/mol. The Kier molecular flexibility index (Phi) is 10.6. The number of aliphatic carboxylic acids is 1. The molecule has 8 heteroatoms. The fourth-order valence-electron chi connectivity index (χ4n) is 6.23. The number of hydrogen-bond acceptors (Lipinski definition) is 6. The van der Waals surface area contributed by atoms with Gasteiger partial charge in [0.25, 0.3) is 0 Å². The van der Waals surface area contributed by atoms with Crippen molar-refractivity contribution in [1.82, 2.24) is 15.5 Å². The number of ether oxygens (including phenoxy) is 1. The van der Waals surface area contributed by atoms with E-state index in [2.05, 4.69) is 10.6 Å². The van der Waals surface area contributed by atoms with Gasteiger partial charge in [0.2, 0.25) is 5.91 Å². The van der Waals surface area contributed by atoms with Crippen LogP contribution < -0.4 is 10.6 Å². The summed E-state index contributed by atoms with van der Waals surface area (Å²) in [5, 5.41) is 16.4. The van der Waals surface area contributed by atoms with Crippen LogP contribution in [0.2, 0.25) is 0 Å². The first-order chi connectivity index (χ1) is 16.4. The Labute approximate surface area is 204 Å². The van der Waals surface area contributed by atoms with E-state index in [4.69, 9.17) is 4.74 Å². The maximum absolute atomic E-state index is 13.4. The first-order valence-corrected chi connectivity index (χ1v) is 13.6. The van der Waals surface area contributed by atoms with E-state index in [0.717, 1.165) is 64.0 Å². The molecule has 0 aromatic carbocycles. The Bertz CT molecular complexity index is 681. The minimum atomic E-state index is -0.925. The number of amides is 1. The molecule has 1 amide bonds. The second kappa shape index (κ2) is 13.4. The molecule has 0 aromatic heterocycles. The van der Waals surface area contributed by atoms with Crippen molar-refractivity contribution in [3.05, 3.63) is 0 Å². The molecule has 5 atom stereocenters. The fourth-order valence-corrected chi connectivity index (χ4v) is 6.23.